The second-order valence-electron chi connectivity index (χ2n) is 5.46. The Balaban J connectivity index is 1.70. The van der Waals surface area contributed by atoms with Gasteiger partial charge in [-0.1, -0.05) is 0 Å². The summed E-state index contributed by atoms with van der Waals surface area (Å²) in [7, 11) is 1.23. The lowest BCUT2D eigenvalue weighted by atomic mass is 10.3. The Hall–Kier alpha value is -3.76. The zero-order valence-corrected chi connectivity index (χ0v) is 14.3. The van der Waals surface area contributed by atoms with Gasteiger partial charge in [-0.2, -0.15) is 13.2 Å². The fourth-order valence-corrected chi connectivity index (χ4v) is 2.20. The molecular formula is C17H13F3N4O4. The van der Waals surface area contributed by atoms with Crippen LogP contribution in [0.3, 0.4) is 0 Å². The van der Waals surface area contributed by atoms with Crippen LogP contribution in [0.4, 0.5) is 29.6 Å². The SMILES string of the molecule is COC(=O)Nc1nc2ccc(Oc3ccc(NC(=O)C(F)(F)F)cc3)cc2[nH]1. The average Bonchev–Trinajstić information content (AvgIpc) is 3.03. The van der Waals surface area contributed by atoms with Gasteiger partial charge < -0.3 is 19.8 Å². The normalized spacial score (nSPS) is 11.1. The summed E-state index contributed by atoms with van der Waals surface area (Å²) in [4.78, 5) is 29.1. The van der Waals surface area contributed by atoms with Crippen molar-refractivity contribution in [1.29, 1.82) is 0 Å². The highest BCUT2D eigenvalue weighted by atomic mass is 19.4. The lowest BCUT2D eigenvalue weighted by Gasteiger charge is -2.09. The lowest BCUT2D eigenvalue weighted by molar-refractivity contribution is -0.167. The van der Waals surface area contributed by atoms with E-state index in [-0.39, 0.29) is 11.6 Å². The molecule has 2 aromatic carbocycles. The number of H-pyrrole nitrogens is 1. The summed E-state index contributed by atoms with van der Waals surface area (Å²) in [5.74, 6) is -1.09. The van der Waals surface area contributed by atoms with Gasteiger partial charge in [0.25, 0.3) is 0 Å². The number of aromatic amines is 1. The van der Waals surface area contributed by atoms with Gasteiger partial charge >= 0.3 is 18.2 Å². The maximum absolute atomic E-state index is 12.2. The van der Waals surface area contributed by atoms with Gasteiger partial charge in [0.15, 0.2) is 0 Å². The molecule has 1 heterocycles. The van der Waals surface area contributed by atoms with Crippen LogP contribution in [0.1, 0.15) is 0 Å². The monoisotopic (exact) mass is 394 g/mol. The minimum atomic E-state index is -4.96. The van der Waals surface area contributed by atoms with Crippen LogP contribution in [0.5, 0.6) is 11.5 Å². The quantitative estimate of drug-likeness (QED) is 0.620. The summed E-state index contributed by atoms with van der Waals surface area (Å²) in [5, 5.41) is 4.14. The third kappa shape index (κ3) is 4.50. The van der Waals surface area contributed by atoms with Gasteiger partial charge in [0.05, 0.1) is 18.1 Å². The Morgan fingerprint density at radius 2 is 1.71 bits per heavy atom. The van der Waals surface area contributed by atoms with Crippen LogP contribution in [-0.4, -0.2) is 35.3 Å². The summed E-state index contributed by atoms with van der Waals surface area (Å²) in [5.41, 5.74) is 1.14. The number of methoxy groups -OCH3 is 1. The second-order valence-corrected chi connectivity index (χ2v) is 5.46. The highest BCUT2D eigenvalue weighted by Gasteiger charge is 2.38. The first-order valence-corrected chi connectivity index (χ1v) is 7.75. The maximum Gasteiger partial charge on any atom is 0.471 e. The molecule has 0 fully saturated rings. The van der Waals surface area contributed by atoms with Crippen LogP contribution >= 0.6 is 0 Å². The Kier molecular flexibility index (Phi) is 5.07. The number of amides is 2. The van der Waals surface area contributed by atoms with Gasteiger partial charge in [-0.3, -0.25) is 10.1 Å². The van der Waals surface area contributed by atoms with Gasteiger partial charge in [-0.25, -0.2) is 9.78 Å². The Morgan fingerprint density at radius 1 is 1.04 bits per heavy atom. The van der Waals surface area contributed by atoms with Crippen molar-refractivity contribution in [1.82, 2.24) is 9.97 Å². The molecule has 0 aliphatic heterocycles. The van der Waals surface area contributed by atoms with E-state index in [1.807, 2.05) is 0 Å². The highest BCUT2D eigenvalue weighted by molar-refractivity contribution is 5.94. The molecule has 0 aliphatic rings. The zero-order chi connectivity index (χ0) is 20.3. The van der Waals surface area contributed by atoms with Gasteiger partial charge in [-0.15, -0.1) is 0 Å². The van der Waals surface area contributed by atoms with Crippen molar-refractivity contribution in [3.8, 4) is 11.5 Å². The van der Waals surface area contributed by atoms with Crippen LogP contribution in [0.25, 0.3) is 11.0 Å². The van der Waals surface area contributed by atoms with Crippen LogP contribution < -0.4 is 15.4 Å². The number of aromatic nitrogens is 2. The van der Waals surface area contributed by atoms with Gasteiger partial charge in [0.2, 0.25) is 5.95 Å². The van der Waals surface area contributed by atoms with Gasteiger partial charge in [0, 0.05) is 11.8 Å². The molecule has 0 radical (unpaired) electrons. The molecule has 0 spiro atoms. The average molecular weight is 394 g/mol. The van der Waals surface area contributed by atoms with E-state index in [2.05, 4.69) is 20.0 Å². The number of fused-ring (bicyclic) bond motifs is 1. The summed E-state index contributed by atoms with van der Waals surface area (Å²) in [6.45, 7) is 0. The number of anilines is 2. The second kappa shape index (κ2) is 7.47. The Morgan fingerprint density at radius 3 is 2.36 bits per heavy atom. The number of benzene rings is 2. The topological polar surface area (TPSA) is 105 Å². The number of rotatable bonds is 4. The molecular weight excluding hydrogens is 381 g/mol. The van der Waals surface area contributed by atoms with Crippen LogP contribution in [-0.2, 0) is 9.53 Å². The van der Waals surface area contributed by atoms with Gasteiger partial charge in [-0.05, 0) is 36.4 Å². The van der Waals surface area contributed by atoms with Crippen molar-refractivity contribution in [2.75, 3.05) is 17.7 Å². The molecule has 0 saturated heterocycles. The van der Waals surface area contributed by atoms with Crippen LogP contribution in [0, 0.1) is 0 Å². The molecule has 1 aromatic heterocycles. The molecule has 146 valence electrons. The van der Waals surface area contributed by atoms with E-state index >= 15 is 0 Å². The first-order valence-electron chi connectivity index (χ1n) is 7.75. The molecule has 0 unspecified atom stereocenters. The number of carbonyl (C=O) groups excluding carboxylic acids is 2. The van der Waals surface area contributed by atoms with Crippen molar-refractivity contribution in [2.24, 2.45) is 0 Å². The number of nitrogens with one attached hydrogen (secondary N) is 3. The Bertz CT molecular complexity index is 1020. The molecule has 3 rings (SSSR count). The number of hydrogen-bond donors (Lipinski definition) is 3. The molecule has 2 amide bonds. The number of nitrogens with zero attached hydrogens (tertiary/aromatic N) is 1. The van der Waals surface area contributed by atoms with Gasteiger partial charge in [0.1, 0.15) is 11.5 Å². The molecule has 3 N–H and O–H groups in total. The third-order valence-corrected chi connectivity index (χ3v) is 3.46. The molecule has 11 heteroatoms. The maximum atomic E-state index is 12.2. The van der Waals surface area contributed by atoms with E-state index in [4.69, 9.17) is 4.74 Å². The number of hydrogen-bond acceptors (Lipinski definition) is 5. The zero-order valence-electron chi connectivity index (χ0n) is 14.3. The largest absolute Gasteiger partial charge is 0.471 e. The van der Waals surface area contributed by atoms with E-state index in [0.29, 0.717) is 22.5 Å². The summed E-state index contributed by atoms with van der Waals surface area (Å²) >= 11 is 0. The minimum Gasteiger partial charge on any atom is -0.457 e. The smallest absolute Gasteiger partial charge is 0.457 e. The summed E-state index contributed by atoms with van der Waals surface area (Å²) < 4.78 is 46.9. The van der Waals surface area contributed by atoms with Crippen LogP contribution in [0.2, 0.25) is 0 Å². The van der Waals surface area contributed by atoms with E-state index < -0.39 is 18.2 Å². The van der Waals surface area contributed by atoms with Crippen molar-refractivity contribution in [3.05, 3.63) is 42.5 Å². The summed E-state index contributed by atoms with van der Waals surface area (Å²) in [6.07, 6.45) is -5.63. The molecule has 3 aromatic rings. The van der Waals surface area contributed by atoms with Crippen molar-refractivity contribution >= 4 is 34.7 Å². The number of carbonyl (C=O) groups is 2. The number of alkyl halides is 3. The van der Waals surface area contributed by atoms with Crippen molar-refractivity contribution in [2.45, 2.75) is 6.18 Å². The standard InChI is InChI=1S/C17H13F3N4O4/c1-27-16(26)24-15-22-12-7-6-11(8-13(12)23-15)28-10-4-2-9(3-5-10)21-14(25)17(18,19)20/h2-8H,1H3,(H,21,25)(H2,22,23,24,26). The lowest BCUT2D eigenvalue weighted by Crippen LogP contribution is -2.29. The van der Waals surface area contributed by atoms with Crippen LogP contribution in [0.15, 0.2) is 42.5 Å². The van der Waals surface area contributed by atoms with Crippen molar-refractivity contribution in [3.63, 3.8) is 0 Å². The van der Waals surface area contributed by atoms with E-state index in [0.717, 1.165) is 0 Å². The number of imidazole rings is 1. The van der Waals surface area contributed by atoms with E-state index in [1.165, 1.54) is 31.4 Å². The molecule has 0 aliphatic carbocycles. The third-order valence-electron chi connectivity index (χ3n) is 3.46. The minimum absolute atomic E-state index is 0.0165. The molecule has 0 saturated carbocycles. The fourth-order valence-electron chi connectivity index (χ4n) is 2.20. The summed E-state index contributed by atoms with van der Waals surface area (Å²) in [6, 6.07) is 10.3. The highest BCUT2D eigenvalue weighted by Crippen LogP contribution is 2.27. The Labute approximate surface area is 155 Å². The van der Waals surface area contributed by atoms with Crippen molar-refractivity contribution < 1.29 is 32.2 Å². The van der Waals surface area contributed by atoms with E-state index in [1.54, 1.807) is 23.5 Å². The number of ether oxygens (including phenoxy) is 2. The predicted molar refractivity (Wildman–Crippen MR) is 93.3 cm³/mol. The first kappa shape index (κ1) is 19.0. The fraction of sp³-hybridized carbons (Fsp3) is 0.118. The molecule has 28 heavy (non-hydrogen) atoms. The first-order chi connectivity index (χ1) is 13.2. The predicted octanol–water partition coefficient (Wildman–Crippen LogP) is 4.03. The molecule has 0 bridgehead atoms. The number of halogens is 3. The molecule has 0 atom stereocenters. The van der Waals surface area contributed by atoms with E-state index in [9.17, 15) is 22.8 Å². The molecule has 8 nitrogen and oxygen atoms in total.